The van der Waals surface area contributed by atoms with Gasteiger partial charge in [-0.1, -0.05) is 302 Å². The van der Waals surface area contributed by atoms with Gasteiger partial charge in [0.25, 0.3) is 0 Å². The summed E-state index contributed by atoms with van der Waals surface area (Å²) in [6, 6.07) is 114. The number of para-hydroxylation sites is 5. The van der Waals surface area contributed by atoms with E-state index in [0.717, 1.165) is 50.5 Å². The molecule has 0 unspecified atom stereocenters. The van der Waals surface area contributed by atoms with Gasteiger partial charge in [0.1, 0.15) is 0 Å². The Morgan fingerprint density at radius 1 is 0.310 bits per heavy atom. The maximum absolute atomic E-state index is 2.58. The monoisotopic (exact) mass is 1120 g/mol. The minimum absolute atomic E-state index is 0.0501. The number of hydrogen-bond acceptors (Lipinski definition) is 1. The van der Waals surface area contributed by atoms with E-state index in [1.165, 1.54) is 93.8 Å². The second kappa shape index (κ2) is 21.0. The summed E-state index contributed by atoms with van der Waals surface area (Å²) < 4.78 is 2.43. The number of aromatic nitrogens is 1. The van der Waals surface area contributed by atoms with Crippen molar-refractivity contribution in [2.75, 3.05) is 4.90 Å². The van der Waals surface area contributed by atoms with Crippen molar-refractivity contribution in [3.05, 3.63) is 337 Å². The maximum Gasteiger partial charge on any atom is 0.0713 e. The van der Waals surface area contributed by atoms with Crippen molar-refractivity contribution in [3.63, 3.8) is 0 Å². The predicted octanol–water partition coefficient (Wildman–Crippen LogP) is 23.0. The Morgan fingerprint density at radius 3 is 1.40 bits per heavy atom. The lowest BCUT2D eigenvalue weighted by Crippen LogP contribution is -2.28. The first-order chi connectivity index (χ1) is 42.5. The highest BCUT2D eigenvalue weighted by molar-refractivity contribution is 6.12. The van der Waals surface area contributed by atoms with E-state index in [4.69, 9.17) is 0 Å². The zero-order valence-corrected chi connectivity index (χ0v) is 50.3. The van der Waals surface area contributed by atoms with Gasteiger partial charge in [0.15, 0.2) is 0 Å². The molecule has 0 spiro atoms. The molecule has 418 valence electrons. The van der Waals surface area contributed by atoms with Crippen molar-refractivity contribution in [3.8, 4) is 61.3 Å². The molecular weight excluding hydrogens is 1050 g/mol. The number of benzene rings is 13. The molecule has 1 aliphatic rings. The first kappa shape index (κ1) is 53.4. The summed E-state index contributed by atoms with van der Waals surface area (Å²) in [5.41, 5.74) is 25.6. The van der Waals surface area contributed by atoms with Crippen LogP contribution >= 0.6 is 0 Å². The molecule has 14 aromatic rings. The second-order valence-corrected chi connectivity index (χ2v) is 25.6. The van der Waals surface area contributed by atoms with Crippen LogP contribution in [0.4, 0.5) is 17.1 Å². The Kier molecular flexibility index (Phi) is 12.9. The van der Waals surface area contributed by atoms with E-state index in [9.17, 15) is 0 Å². The molecule has 0 aliphatic heterocycles. The van der Waals surface area contributed by atoms with Crippen LogP contribution in [0.25, 0.3) is 93.9 Å². The lowest BCUT2D eigenvalue weighted by atomic mass is 9.67. The summed E-state index contributed by atoms with van der Waals surface area (Å²) in [5.74, 6) is 0. The van der Waals surface area contributed by atoms with Crippen molar-refractivity contribution >= 4 is 49.6 Å². The Labute approximate surface area is 512 Å². The largest absolute Gasteiger partial charge is 0.309 e. The summed E-state index contributed by atoms with van der Waals surface area (Å²) in [6.07, 6.45) is 0. The second-order valence-electron chi connectivity index (χ2n) is 25.6. The number of hydrogen-bond donors (Lipinski definition) is 0. The zero-order chi connectivity index (χ0) is 59.0. The van der Waals surface area contributed by atoms with E-state index < -0.39 is 5.41 Å². The van der Waals surface area contributed by atoms with Crippen LogP contribution < -0.4 is 4.90 Å². The molecule has 0 atom stereocenters. The Morgan fingerprint density at radius 2 is 0.770 bits per heavy atom. The van der Waals surface area contributed by atoms with Crippen molar-refractivity contribution in [2.24, 2.45) is 0 Å². The minimum Gasteiger partial charge on any atom is -0.309 e. The molecule has 13 aromatic carbocycles. The predicted molar refractivity (Wildman–Crippen MR) is 369 cm³/mol. The molecule has 1 aromatic heterocycles. The first-order valence-electron chi connectivity index (χ1n) is 30.7. The molecule has 0 saturated heterocycles. The number of nitrogens with zero attached hydrogens (tertiary/aromatic N) is 2. The van der Waals surface area contributed by atoms with Crippen molar-refractivity contribution in [1.82, 2.24) is 4.57 Å². The summed E-state index contributed by atoms with van der Waals surface area (Å²) >= 11 is 0. The quantitative estimate of drug-likeness (QED) is 0.132. The van der Waals surface area contributed by atoms with Gasteiger partial charge in [-0.2, -0.15) is 0 Å². The first-order valence-corrected chi connectivity index (χ1v) is 30.7. The highest BCUT2D eigenvalue weighted by Gasteiger charge is 2.47. The molecule has 0 fully saturated rings. The fraction of sp³-hybridized carbons (Fsp3) is 0.106. The van der Waals surface area contributed by atoms with E-state index in [0.29, 0.717) is 0 Å². The van der Waals surface area contributed by atoms with Crippen molar-refractivity contribution < 1.29 is 0 Å². The summed E-state index contributed by atoms with van der Waals surface area (Å²) in [5, 5.41) is 4.88. The van der Waals surface area contributed by atoms with Gasteiger partial charge < -0.3 is 9.47 Å². The molecule has 2 heteroatoms. The van der Waals surface area contributed by atoms with Crippen LogP contribution in [0.5, 0.6) is 0 Å². The maximum atomic E-state index is 2.58. The molecule has 0 radical (unpaired) electrons. The molecular formula is C85H68N2. The Balaban J connectivity index is 1.02. The highest BCUT2D eigenvalue weighted by atomic mass is 15.2. The summed E-state index contributed by atoms with van der Waals surface area (Å²) in [4.78, 5) is 2.58. The topological polar surface area (TPSA) is 8.17 Å². The van der Waals surface area contributed by atoms with Crippen molar-refractivity contribution in [1.29, 1.82) is 0 Å². The van der Waals surface area contributed by atoms with Gasteiger partial charge in [0, 0.05) is 33.2 Å². The molecule has 1 heterocycles. The smallest absolute Gasteiger partial charge is 0.0713 e. The molecule has 2 nitrogen and oxygen atoms in total. The summed E-state index contributed by atoms with van der Waals surface area (Å²) in [6.45, 7) is 14.0. The van der Waals surface area contributed by atoms with Gasteiger partial charge in [-0.15, -0.1) is 0 Å². The van der Waals surface area contributed by atoms with E-state index in [1.807, 2.05) is 0 Å². The third kappa shape index (κ3) is 8.84. The van der Waals surface area contributed by atoms with E-state index >= 15 is 0 Å². The highest BCUT2D eigenvalue weighted by Crippen LogP contribution is 2.60. The third-order valence-electron chi connectivity index (χ3n) is 18.4. The standard InChI is InChI=1S/C85H68N2/c1-83(2,3)62-53-59(54-63(56-62)84(4,5)6)66-42-26-29-57-30-27-43-71(81(57)66)68-39-19-24-49-78(68)87(76-47-22-17-37-65(76)58-51-52-70-67-38-18-23-48-77(67)86(80(70)55-58)64-35-14-9-15-36-64)79-50-25-20-40-69(79)72-44-28-46-75-82(72)73-41-16-21-45-74(73)85(75,60-31-10-7-11-32-60)61-33-12-8-13-34-61/h7-56H,1-6H3. The van der Waals surface area contributed by atoms with Crippen LogP contribution in [-0.4, -0.2) is 4.57 Å². The normalized spacial score (nSPS) is 12.8. The van der Waals surface area contributed by atoms with Crippen LogP contribution in [0, 0.1) is 0 Å². The average molecular weight is 1120 g/mol. The van der Waals surface area contributed by atoms with Gasteiger partial charge >= 0.3 is 0 Å². The molecule has 0 bridgehead atoms. The van der Waals surface area contributed by atoms with E-state index in [1.54, 1.807) is 0 Å². The molecule has 0 N–H and O–H groups in total. The molecule has 1 aliphatic carbocycles. The Bertz CT molecular complexity index is 4860. The van der Waals surface area contributed by atoms with E-state index in [-0.39, 0.29) is 10.8 Å². The lowest BCUT2D eigenvalue weighted by molar-refractivity contribution is 0.569. The van der Waals surface area contributed by atoms with E-state index in [2.05, 4.69) is 354 Å². The lowest BCUT2D eigenvalue weighted by Gasteiger charge is -2.34. The number of fused-ring (bicyclic) bond motifs is 7. The van der Waals surface area contributed by atoms with Gasteiger partial charge in [0.05, 0.1) is 33.5 Å². The zero-order valence-electron chi connectivity index (χ0n) is 50.3. The van der Waals surface area contributed by atoms with Crippen LogP contribution in [0.15, 0.2) is 303 Å². The van der Waals surface area contributed by atoms with Crippen LogP contribution in [0.1, 0.15) is 74.9 Å². The van der Waals surface area contributed by atoms with Gasteiger partial charge in [0.2, 0.25) is 0 Å². The minimum atomic E-state index is -0.564. The van der Waals surface area contributed by atoms with Crippen molar-refractivity contribution in [2.45, 2.75) is 57.8 Å². The number of rotatable bonds is 10. The van der Waals surface area contributed by atoms with Crippen LogP contribution in [0.2, 0.25) is 0 Å². The van der Waals surface area contributed by atoms with Gasteiger partial charge in [-0.05, 0) is 136 Å². The fourth-order valence-corrected chi connectivity index (χ4v) is 14.3. The Hall–Kier alpha value is -10.3. The molecule has 87 heavy (non-hydrogen) atoms. The average Bonchev–Trinajstić information content (AvgIpc) is 1.57. The SMILES string of the molecule is CC(C)(C)c1cc(-c2cccc3cccc(-c4ccccc4N(c4ccccc4-c4ccc5c6ccccc6n(-c6ccccc6)c5c4)c4ccccc4-c4cccc5c4-c4ccccc4C5(c4ccccc4)c4ccccc4)c23)cc(C(C)(C)C)c1. The van der Waals surface area contributed by atoms with Crippen LogP contribution in [-0.2, 0) is 16.2 Å². The summed E-state index contributed by atoms with van der Waals surface area (Å²) in [7, 11) is 0. The molecule has 0 amide bonds. The van der Waals surface area contributed by atoms with Crippen LogP contribution in [0.3, 0.4) is 0 Å². The molecule has 15 rings (SSSR count). The molecule has 0 saturated carbocycles. The fourth-order valence-electron chi connectivity index (χ4n) is 14.3. The number of anilines is 3. The third-order valence-corrected chi connectivity index (χ3v) is 18.4. The van der Waals surface area contributed by atoms with Gasteiger partial charge in [-0.25, -0.2) is 0 Å². The van der Waals surface area contributed by atoms with Gasteiger partial charge in [-0.3, -0.25) is 0 Å².